The van der Waals surface area contributed by atoms with Gasteiger partial charge in [-0.15, -0.1) is 0 Å². The average molecular weight is 679 g/mol. The first-order valence-corrected chi connectivity index (χ1v) is 14.0. The zero-order valence-corrected chi connectivity index (χ0v) is 25.3. The number of benzene rings is 3. The van der Waals surface area contributed by atoms with Gasteiger partial charge in [0, 0.05) is 5.02 Å². The van der Waals surface area contributed by atoms with E-state index in [4.69, 9.17) is 33.3 Å². The van der Waals surface area contributed by atoms with E-state index < -0.39 is 5.97 Å². The van der Waals surface area contributed by atoms with Crippen LogP contribution in [0.3, 0.4) is 0 Å². The van der Waals surface area contributed by atoms with Gasteiger partial charge in [0.25, 0.3) is 5.91 Å². The monoisotopic (exact) mass is 676 g/mol. The van der Waals surface area contributed by atoms with Crippen molar-refractivity contribution in [2.24, 2.45) is 0 Å². The lowest BCUT2D eigenvalue weighted by molar-refractivity contribution is -0.140. The van der Waals surface area contributed by atoms with Gasteiger partial charge >= 0.3 is 5.97 Å². The molecule has 10 heteroatoms. The molecule has 6 nitrogen and oxygen atoms in total. The topological polar surface area (TPSA) is 59.1 Å². The molecule has 1 fully saturated rings. The molecule has 0 aromatic heterocycles. The molecule has 3 aromatic carbocycles. The Morgan fingerprint density at radius 3 is 2.21 bits per heavy atom. The molecule has 1 heterocycles. The van der Waals surface area contributed by atoms with Crippen LogP contribution in [0.15, 0.2) is 75.3 Å². The number of rotatable bonds is 8. The van der Waals surface area contributed by atoms with E-state index in [2.05, 4.69) is 38.8 Å². The maximum absolute atomic E-state index is 13.6. The number of aryl methyl sites for hydroxylation is 1. The highest BCUT2D eigenvalue weighted by Gasteiger charge is 2.40. The van der Waals surface area contributed by atoms with Gasteiger partial charge in [0.1, 0.15) is 24.6 Å². The van der Waals surface area contributed by atoms with Crippen LogP contribution in [0.1, 0.15) is 23.6 Å². The predicted octanol–water partition coefficient (Wildman–Crippen LogP) is 7.15. The molecule has 0 bridgehead atoms. The first kappa shape index (κ1) is 28.3. The number of thiocarbonyl (C=S) groups is 1. The fraction of sp³-hybridized carbons (Fsp3) is 0.179. The number of halogens is 3. The highest BCUT2D eigenvalue weighted by molar-refractivity contribution is 9.11. The smallest absolute Gasteiger partial charge is 0.325 e. The summed E-state index contributed by atoms with van der Waals surface area (Å²) in [6, 6.07) is 18.7. The summed E-state index contributed by atoms with van der Waals surface area (Å²) < 4.78 is 12.2. The van der Waals surface area contributed by atoms with Crippen molar-refractivity contribution in [1.29, 1.82) is 0 Å². The zero-order valence-electron chi connectivity index (χ0n) is 20.5. The lowest BCUT2D eigenvalue weighted by Crippen LogP contribution is -2.35. The molecule has 0 saturated carbocycles. The second-order valence-electron chi connectivity index (χ2n) is 8.36. The minimum atomic E-state index is -0.512. The van der Waals surface area contributed by atoms with Gasteiger partial charge in [0.2, 0.25) is 0 Å². The van der Waals surface area contributed by atoms with Crippen molar-refractivity contribution < 1.29 is 19.1 Å². The Hall–Kier alpha value is -2.72. The van der Waals surface area contributed by atoms with Crippen LogP contribution in [0, 0.1) is 0 Å². The van der Waals surface area contributed by atoms with Crippen LogP contribution in [0.25, 0.3) is 6.08 Å². The molecule has 1 saturated heterocycles. The summed E-state index contributed by atoms with van der Waals surface area (Å²) >= 11 is 18.7. The number of carbonyl (C=O) groups is 2. The Balaban J connectivity index is 1.65. The number of hydrogen-bond donors (Lipinski definition) is 0. The van der Waals surface area contributed by atoms with Crippen molar-refractivity contribution >= 4 is 84.4 Å². The number of carbonyl (C=O) groups excluding carboxylic acids is 2. The molecule has 0 spiro atoms. The van der Waals surface area contributed by atoms with Gasteiger partial charge in [0.05, 0.1) is 21.7 Å². The van der Waals surface area contributed by atoms with Crippen LogP contribution in [0.5, 0.6) is 5.75 Å². The van der Waals surface area contributed by atoms with Gasteiger partial charge in [-0.3, -0.25) is 14.5 Å². The maximum Gasteiger partial charge on any atom is 0.325 e. The van der Waals surface area contributed by atoms with Gasteiger partial charge in [-0.1, -0.05) is 42.8 Å². The summed E-state index contributed by atoms with van der Waals surface area (Å²) in [6.45, 7) is 2.21. The molecule has 0 aliphatic carbocycles. The third-order valence-electron chi connectivity index (χ3n) is 5.87. The first-order chi connectivity index (χ1) is 18.2. The molecule has 4 rings (SSSR count). The van der Waals surface area contributed by atoms with E-state index in [9.17, 15) is 9.59 Å². The van der Waals surface area contributed by atoms with E-state index in [0.717, 1.165) is 17.5 Å². The molecular weight excluding hydrogens is 656 g/mol. The van der Waals surface area contributed by atoms with Gasteiger partial charge in [0.15, 0.2) is 5.11 Å². The fourth-order valence-corrected chi connectivity index (χ4v) is 5.76. The highest BCUT2D eigenvalue weighted by atomic mass is 79.9. The Morgan fingerprint density at radius 2 is 1.63 bits per heavy atom. The van der Waals surface area contributed by atoms with Crippen molar-refractivity contribution in [1.82, 2.24) is 4.90 Å². The summed E-state index contributed by atoms with van der Waals surface area (Å²) in [6.07, 6.45) is 2.57. The molecule has 3 aromatic rings. The van der Waals surface area contributed by atoms with E-state index in [1.165, 1.54) is 16.9 Å². The van der Waals surface area contributed by atoms with Crippen molar-refractivity contribution in [3.05, 3.63) is 97.0 Å². The first-order valence-electron chi connectivity index (χ1n) is 11.6. The highest BCUT2D eigenvalue weighted by Crippen LogP contribution is 2.37. The molecule has 1 aliphatic rings. The molecule has 38 heavy (non-hydrogen) atoms. The number of methoxy groups -OCH3 is 1. The van der Waals surface area contributed by atoms with E-state index in [1.807, 2.05) is 60.7 Å². The third kappa shape index (κ3) is 6.29. The van der Waals surface area contributed by atoms with E-state index >= 15 is 0 Å². The predicted molar refractivity (Wildman–Crippen MR) is 160 cm³/mol. The zero-order chi connectivity index (χ0) is 27.4. The van der Waals surface area contributed by atoms with Crippen LogP contribution in [-0.4, -0.2) is 35.5 Å². The minimum Gasteiger partial charge on any atom is -0.487 e. The molecule has 1 aliphatic heterocycles. The third-order valence-corrected chi connectivity index (χ3v) is 7.71. The largest absolute Gasteiger partial charge is 0.487 e. The molecule has 0 atom stereocenters. The van der Waals surface area contributed by atoms with Crippen LogP contribution < -0.4 is 9.64 Å². The van der Waals surface area contributed by atoms with Crippen LogP contribution >= 0.6 is 55.7 Å². The van der Waals surface area contributed by atoms with E-state index in [0.29, 0.717) is 37.6 Å². The molecular formula is C28H23Br2ClN2O4S. The molecule has 0 N–H and O–H groups in total. The maximum atomic E-state index is 13.6. The van der Waals surface area contributed by atoms with Crippen molar-refractivity contribution in [3.63, 3.8) is 0 Å². The number of anilines is 1. The number of esters is 1. The SMILES string of the molecule is CCc1ccc(N2C(=O)/C(=C/c3cc(Br)c(OCc4ccc(Cl)cc4)c(Br)c3)N(CC(=O)OC)C2=S)cc1. The van der Waals surface area contributed by atoms with Gasteiger partial charge < -0.3 is 14.4 Å². The lowest BCUT2D eigenvalue weighted by atomic mass is 10.1. The Morgan fingerprint density at radius 1 is 1.03 bits per heavy atom. The van der Waals surface area contributed by atoms with Gasteiger partial charge in [-0.2, -0.15) is 0 Å². The summed E-state index contributed by atoms with van der Waals surface area (Å²) in [5, 5.41) is 0.865. The summed E-state index contributed by atoms with van der Waals surface area (Å²) in [7, 11) is 1.30. The Bertz CT molecular complexity index is 1390. The second-order valence-corrected chi connectivity index (χ2v) is 10.9. The Labute approximate surface area is 248 Å². The second kappa shape index (κ2) is 12.4. The fourth-order valence-electron chi connectivity index (χ4n) is 3.83. The molecule has 0 unspecified atom stereocenters. The number of ether oxygens (including phenoxy) is 2. The standard InChI is InChI=1S/C28H23Br2ClN2O4S/c1-3-17-6-10-21(11-7-17)33-27(35)24(32(28(33)38)15-25(34)36-2)14-19-12-22(29)26(23(30)13-19)37-16-18-4-8-20(31)9-5-18/h4-14H,3,15-16H2,1-2H3/b24-14-. The normalized spacial score (nSPS) is 14.4. The van der Waals surface area contributed by atoms with Crippen LogP contribution in [0.2, 0.25) is 5.02 Å². The van der Waals surface area contributed by atoms with Crippen molar-refractivity contribution in [3.8, 4) is 5.75 Å². The van der Waals surface area contributed by atoms with Crippen molar-refractivity contribution in [2.75, 3.05) is 18.6 Å². The van der Waals surface area contributed by atoms with Gasteiger partial charge in [-0.25, -0.2) is 0 Å². The Kier molecular flexibility index (Phi) is 9.25. The molecule has 1 amide bonds. The van der Waals surface area contributed by atoms with Crippen molar-refractivity contribution in [2.45, 2.75) is 20.0 Å². The van der Waals surface area contributed by atoms with Crippen LogP contribution in [0.4, 0.5) is 5.69 Å². The van der Waals surface area contributed by atoms with E-state index in [1.54, 1.807) is 6.08 Å². The summed E-state index contributed by atoms with van der Waals surface area (Å²) in [5.74, 6) is -0.236. The quantitative estimate of drug-likeness (QED) is 0.143. The lowest BCUT2D eigenvalue weighted by Gasteiger charge is -2.19. The number of amides is 1. The molecule has 0 radical (unpaired) electrons. The average Bonchev–Trinajstić information content (AvgIpc) is 3.13. The summed E-state index contributed by atoms with van der Waals surface area (Å²) in [4.78, 5) is 28.7. The van der Waals surface area contributed by atoms with E-state index in [-0.39, 0.29) is 23.3 Å². The number of nitrogens with zero attached hydrogens (tertiary/aromatic N) is 2. The minimum absolute atomic E-state index is 0.193. The van der Waals surface area contributed by atoms with Crippen LogP contribution in [-0.2, 0) is 27.4 Å². The molecule has 196 valence electrons. The number of hydrogen-bond acceptors (Lipinski definition) is 5. The summed E-state index contributed by atoms with van der Waals surface area (Å²) in [5.41, 5.74) is 3.70. The van der Waals surface area contributed by atoms with Gasteiger partial charge in [-0.05, 0) is 110 Å².